The Balaban J connectivity index is 1.55. The topological polar surface area (TPSA) is 94.0 Å². The van der Waals surface area contributed by atoms with Crippen LogP contribution in [-0.4, -0.2) is 29.1 Å². The molecule has 1 N–H and O–H groups in total. The molecule has 0 amide bonds. The number of fused-ring (bicyclic) bond motifs is 1. The van der Waals surface area contributed by atoms with Crippen molar-refractivity contribution in [3.8, 4) is 28.7 Å². The van der Waals surface area contributed by atoms with Crippen molar-refractivity contribution >= 4 is 21.6 Å². The van der Waals surface area contributed by atoms with Gasteiger partial charge in [-0.05, 0) is 47.1 Å². The molecule has 9 heteroatoms. The first-order chi connectivity index (χ1) is 13.6. The highest BCUT2D eigenvalue weighted by atomic mass is 79.9. The molecule has 8 nitrogen and oxygen atoms in total. The van der Waals surface area contributed by atoms with Crippen LogP contribution in [0.3, 0.4) is 0 Å². The van der Waals surface area contributed by atoms with Gasteiger partial charge in [0.05, 0.1) is 10.2 Å². The van der Waals surface area contributed by atoms with E-state index in [9.17, 15) is 4.79 Å². The molecular formula is C19H13BrN6O2. The van der Waals surface area contributed by atoms with Crippen LogP contribution in [0, 0.1) is 6.92 Å². The second kappa shape index (κ2) is 6.31. The van der Waals surface area contributed by atoms with Gasteiger partial charge >= 0.3 is 5.69 Å². The van der Waals surface area contributed by atoms with Crippen LogP contribution in [0.15, 0.2) is 68.8 Å². The van der Waals surface area contributed by atoms with Gasteiger partial charge in [0, 0.05) is 29.8 Å². The zero-order chi connectivity index (χ0) is 19.3. The lowest BCUT2D eigenvalue weighted by Gasteiger charge is -2.04. The van der Waals surface area contributed by atoms with Crippen LogP contribution in [0.4, 0.5) is 0 Å². The molecule has 5 rings (SSSR count). The maximum Gasteiger partial charge on any atom is 0.330 e. The van der Waals surface area contributed by atoms with E-state index in [1.807, 2.05) is 60.1 Å². The first-order valence-corrected chi connectivity index (χ1v) is 9.24. The van der Waals surface area contributed by atoms with E-state index < -0.39 is 0 Å². The molecule has 28 heavy (non-hydrogen) atoms. The second-order valence-electron chi connectivity index (χ2n) is 6.26. The Bertz CT molecular complexity index is 1380. The fraction of sp³-hybridized carbons (Fsp3) is 0.0526. The Morgan fingerprint density at radius 3 is 2.86 bits per heavy atom. The summed E-state index contributed by atoms with van der Waals surface area (Å²) < 4.78 is 9.77. The predicted molar refractivity (Wildman–Crippen MR) is 106 cm³/mol. The zero-order valence-electron chi connectivity index (χ0n) is 14.6. The second-order valence-corrected chi connectivity index (χ2v) is 7.11. The lowest BCUT2D eigenvalue weighted by atomic mass is 10.2. The molecular weight excluding hydrogens is 424 g/mol. The number of hydrogen-bond acceptors (Lipinski definition) is 5. The van der Waals surface area contributed by atoms with Gasteiger partial charge in [-0.1, -0.05) is 17.3 Å². The maximum absolute atomic E-state index is 12.0. The molecule has 0 saturated carbocycles. The summed E-state index contributed by atoms with van der Waals surface area (Å²) in [6.07, 6.45) is 5.40. The van der Waals surface area contributed by atoms with Crippen molar-refractivity contribution in [3.63, 3.8) is 0 Å². The summed E-state index contributed by atoms with van der Waals surface area (Å²) in [6.45, 7) is 1.86. The summed E-state index contributed by atoms with van der Waals surface area (Å²) in [7, 11) is 0. The molecule has 0 atom stereocenters. The molecule has 0 fully saturated rings. The third kappa shape index (κ3) is 2.67. The van der Waals surface area contributed by atoms with Crippen LogP contribution in [0.25, 0.3) is 34.3 Å². The summed E-state index contributed by atoms with van der Waals surface area (Å²) in [4.78, 5) is 23.7. The standard InChI is InChI=1S/C19H13BrN6O2/c1-11-9-21-19(27)26(11)13-5-2-4-12(8-13)16-23-18(28-24-16)15-10-25-7-3-6-14(20)17(25)22-15/h2-10H,1H3,(H,21,27). The molecule has 0 saturated heterocycles. The van der Waals surface area contributed by atoms with Crippen LogP contribution in [0.5, 0.6) is 0 Å². The number of hydrogen-bond donors (Lipinski definition) is 1. The summed E-state index contributed by atoms with van der Waals surface area (Å²) in [5.41, 5.74) is 3.43. The Morgan fingerprint density at radius 1 is 1.18 bits per heavy atom. The van der Waals surface area contributed by atoms with E-state index in [1.54, 1.807) is 10.8 Å². The smallest absolute Gasteiger partial charge is 0.330 e. The van der Waals surface area contributed by atoms with Crippen LogP contribution in [0.1, 0.15) is 5.69 Å². The van der Waals surface area contributed by atoms with E-state index in [0.717, 1.165) is 27.1 Å². The summed E-state index contributed by atoms with van der Waals surface area (Å²) in [5, 5.41) is 4.08. The SMILES string of the molecule is Cc1c[nH]c(=O)n1-c1cccc(-c2noc(-c3cn4cccc(Br)c4n3)n2)c1. The van der Waals surface area contributed by atoms with Gasteiger partial charge in [0.1, 0.15) is 5.69 Å². The number of benzene rings is 1. The summed E-state index contributed by atoms with van der Waals surface area (Å²) in [6, 6.07) is 11.2. The van der Waals surface area contributed by atoms with Crippen molar-refractivity contribution in [2.24, 2.45) is 0 Å². The Labute approximate surface area is 166 Å². The molecule has 0 aliphatic carbocycles. The number of aromatic amines is 1. The van der Waals surface area contributed by atoms with E-state index in [-0.39, 0.29) is 5.69 Å². The molecule has 0 aliphatic rings. The van der Waals surface area contributed by atoms with Crippen LogP contribution >= 0.6 is 15.9 Å². The average molecular weight is 437 g/mol. The monoisotopic (exact) mass is 436 g/mol. The van der Waals surface area contributed by atoms with Gasteiger partial charge in [-0.25, -0.2) is 9.78 Å². The van der Waals surface area contributed by atoms with Crippen molar-refractivity contribution in [2.45, 2.75) is 6.92 Å². The number of aromatic nitrogens is 6. The highest BCUT2D eigenvalue weighted by Crippen LogP contribution is 2.25. The summed E-state index contributed by atoms with van der Waals surface area (Å²) >= 11 is 3.48. The fourth-order valence-electron chi connectivity index (χ4n) is 3.09. The lowest BCUT2D eigenvalue weighted by molar-refractivity contribution is 0.431. The van der Waals surface area contributed by atoms with Crippen molar-refractivity contribution in [1.82, 2.24) is 29.1 Å². The van der Waals surface area contributed by atoms with Crippen LogP contribution < -0.4 is 5.69 Å². The van der Waals surface area contributed by atoms with Gasteiger partial charge in [-0.2, -0.15) is 4.98 Å². The first-order valence-electron chi connectivity index (χ1n) is 8.45. The number of nitrogens with zero attached hydrogens (tertiary/aromatic N) is 5. The largest absolute Gasteiger partial charge is 0.332 e. The lowest BCUT2D eigenvalue weighted by Crippen LogP contribution is -2.15. The normalized spacial score (nSPS) is 11.4. The van der Waals surface area contributed by atoms with Crippen molar-refractivity contribution < 1.29 is 4.52 Å². The molecule has 0 bridgehead atoms. The number of H-pyrrole nitrogens is 1. The maximum atomic E-state index is 12.0. The van der Waals surface area contributed by atoms with Gasteiger partial charge in [-0.3, -0.25) is 4.57 Å². The number of imidazole rings is 2. The fourth-order valence-corrected chi connectivity index (χ4v) is 3.53. The minimum atomic E-state index is -0.196. The van der Waals surface area contributed by atoms with Crippen molar-refractivity contribution in [1.29, 1.82) is 0 Å². The zero-order valence-corrected chi connectivity index (χ0v) is 16.2. The highest BCUT2D eigenvalue weighted by Gasteiger charge is 2.15. The number of halogens is 1. The van der Waals surface area contributed by atoms with Crippen molar-refractivity contribution in [3.05, 3.63) is 75.6 Å². The van der Waals surface area contributed by atoms with Gasteiger partial charge in [0.25, 0.3) is 5.89 Å². The van der Waals surface area contributed by atoms with E-state index in [4.69, 9.17) is 4.52 Å². The molecule has 4 heterocycles. The van der Waals surface area contributed by atoms with E-state index in [1.165, 1.54) is 0 Å². The highest BCUT2D eigenvalue weighted by molar-refractivity contribution is 9.10. The number of pyridine rings is 1. The molecule has 0 spiro atoms. The Morgan fingerprint density at radius 2 is 2.07 bits per heavy atom. The molecule has 138 valence electrons. The summed E-state index contributed by atoms with van der Waals surface area (Å²) in [5.74, 6) is 0.750. The Kier molecular flexibility index (Phi) is 3.76. The molecule has 0 aliphatic heterocycles. The minimum absolute atomic E-state index is 0.196. The third-order valence-corrected chi connectivity index (χ3v) is 5.02. The average Bonchev–Trinajstić information content (AvgIpc) is 3.41. The molecule has 0 radical (unpaired) electrons. The predicted octanol–water partition coefficient (Wildman–Crippen LogP) is 3.60. The Hall–Kier alpha value is -3.46. The molecule has 1 aromatic carbocycles. The quantitative estimate of drug-likeness (QED) is 0.466. The van der Waals surface area contributed by atoms with Crippen LogP contribution in [-0.2, 0) is 0 Å². The van der Waals surface area contributed by atoms with Gasteiger partial charge in [0.2, 0.25) is 5.82 Å². The molecule has 0 unspecified atom stereocenters. The van der Waals surface area contributed by atoms with Crippen molar-refractivity contribution in [2.75, 3.05) is 0 Å². The number of rotatable bonds is 3. The number of aryl methyl sites for hydroxylation is 1. The van der Waals surface area contributed by atoms with E-state index >= 15 is 0 Å². The minimum Gasteiger partial charge on any atom is -0.332 e. The molecule has 5 aromatic rings. The number of nitrogens with one attached hydrogen (secondary N) is 1. The molecule has 4 aromatic heterocycles. The third-order valence-electron chi connectivity index (χ3n) is 4.40. The van der Waals surface area contributed by atoms with Crippen LogP contribution in [0.2, 0.25) is 0 Å². The van der Waals surface area contributed by atoms with Gasteiger partial charge < -0.3 is 13.9 Å². The van der Waals surface area contributed by atoms with Gasteiger partial charge in [0.15, 0.2) is 5.65 Å². The van der Waals surface area contributed by atoms with Gasteiger partial charge in [-0.15, -0.1) is 0 Å². The van der Waals surface area contributed by atoms with E-state index in [0.29, 0.717) is 17.4 Å². The first kappa shape index (κ1) is 16.7. The van der Waals surface area contributed by atoms with E-state index in [2.05, 4.69) is 36.0 Å².